The first-order chi connectivity index (χ1) is 8.61. The third kappa shape index (κ3) is 2.33. The molecule has 0 aliphatic carbocycles. The van der Waals surface area contributed by atoms with Crippen LogP contribution in [0.15, 0.2) is 48.5 Å². The summed E-state index contributed by atoms with van der Waals surface area (Å²) in [6, 6.07) is 17.0. The molecule has 0 atom stereocenters. The van der Waals surface area contributed by atoms with Crippen LogP contribution in [-0.2, 0) is 0 Å². The van der Waals surface area contributed by atoms with Crippen molar-refractivity contribution in [1.82, 2.24) is 0 Å². The average molecular weight is 240 g/mol. The predicted octanol–water partition coefficient (Wildman–Crippen LogP) is 3.49. The Morgan fingerprint density at radius 2 is 1.33 bits per heavy atom. The molecule has 0 heterocycles. The highest BCUT2D eigenvalue weighted by atomic mass is 15.1. The number of rotatable bonds is 3. The average Bonchev–Trinajstić information content (AvgIpc) is 2.38. The second kappa shape index (κ2) is 5.13. The van der Waals surface area contributed by atoms with Crippen LogP contribution >= 0.6 is 0 Å². The Hall–Kier alpha value is -1.96. The Morgan fingerprint density at radius 3 is 1.89 bits per heavy atom. The lowest BCUT2D eigenvalue weighted by Gasteiger charge is -2.25. The standard InChI is InChI=1S/C16H20N2/c1-17(2)15-12-8-11-14(16(15)18(3)4)13-9-6-5-7-10-13/h5-12H,1-4H3. The van der Waals surface area contributed by atoms with E-state index in [4.69, 9.17) is 0 Å². The number of nitrogens with zero attached hydrogens (tertiary/aromatic N) is 2. The van der Waals surface area contributed by atoms with Crippen molar-refractivity contribution in [2.75, 3.05) is 38.0 Å². The highest BCUT2D eigenvalue weighted by molar-refractivity contribution is 5.87. The zero-order valence-electron chi connectivity index (χ0n) is 11.5. The van der Waals surface area contributed by atoms with Crippen LogP contribution < -0.4 is 9.80 Å². The molecule has 0 spiro atoms. The molecule has 2 nitrogen and oxygen atoms in total. The topological polar surface area (TPSA) is 6.48 Å². The summed E-state index contributed by atoms with van der Waals surface area (Å²) in [5.74, 6) is 0. The van der Waals surface area contributed by atoms with Gasteiger partial charge in [0.2, 0.25) is 0 Å². The second-order valence-electron chi connectivity index (χ2n) is 4.83. The minimum absolute atomic E-state index is 1.24. The molecule has 0 N–H and O–H groups in total. The number of anilines is 2. The second-order valence-corrected chi connectivity index (χ2v) is 4.83. The quantitative estimate of drug-likeness (QED) is 0.810. The van der Waals surface area contributed by atoms with Gasteiger partial charge in [0.1, 0.15) is 0 Å². The first kappa shape index (κ1) is 12.5. The molecule has 0 bridgehead atoms. The molecule has 0 fully saturated rings. The van der Waals surface area contributed by atoms with Crippen LogP contribution in [0.3, 0.4) is 0 Å². The fourth-order valence-corrected chi connectivity index (χ4v) is 2.21. The van der Waals surface area contributed by atoms with Crippen LogP contribution in [0.4, 0.5) is 11.4 Å². The number of hydrogen-bond donors (Lipinski definition) is 0. The fraction of sp³-hybridized carbons (Fsp3) is 0.250. The van der Waals surface area contributed by atoms with Gasteiger partial charge < -0.3 is 9.80 Å². The lowest BCUT2D eigenvalue weighted by atomic mass is 10.0. The molecule has 2 rings (SSSR count). The molecule has 0 aromatic heterocycles. The van der Waals surface area contributed by atoms with Gasteiger partial charge in [0, 0.05) is 33.8 Å². The van der Waals surface area contributed by atoms with Crippen LogP contribution in [0, 0.1) is 0 Å². The highest BCUT2D eigenvalue weighted by Gasteiger charge is 2.12. The van der Waals surface area contributed by atoms with Gasteiger partial charge in [0.05, 0.1) is 11.4 Å². The van der Waals surface area contributed by atoms with Crippen molar-refractivity contribution in [3.63, 3.8) is 0 Å². The van der Waals surface area contributed by atoms with Gasteiger partial charge >= 0.3 is 0 Å². The van der Waals surface area contributed by atoms with E-state index in [-0.39, 0.29) is 0 Å². The highest BCUT2D eigenvalue weighted by Crippen LogP contribution is 2.37. The molecule has 0 aliphatic heterocycles. The normalized spacial score (nSPS) is 10.2. The van der Waals surface area contributed by atoms with E-state index in [0.29, 0.717) is 0 Å². The maximum Gasteiger partial charge on any atom is 0.0678 e. The van der Waals surface area contributed by atoms with E-state index in [2.05, 4.69) is 86.5 Å². The largest absolute Gasteiger partial charge is 0.376 e. The number of para-hydroxylation sites is 1. The van der Waals surface area contributed by atoms with E-state index < -0.39 is 0 Å². The minimum atomic E-state index is 1.24. The molecule has 0 saturated heterocycles. The Balaban J connectivity index is 2.64. The smallest absolute Gasteiger partial charge is 0.0678 e. The van der Waals surface area contributed by atoms with Gasteiger partial charge in [0.25, 0.3) is 0 Å². The first-order valence-electron chi connectivity index (χ1n) is 6.14. The molecular weight excluding hydrogens is 220 g/mol. The van der Waals surface area contributed by atoms with E-state index >= 15 is 0 Å². The monoisotopic (exact) mass is 240 g/mol. The summed E-state index contributed by atoms with van der Waals surface area (Å²) < 4.78 is 0. The fourth-order valence-electron chi connectivity index (χ4n) is 2.21. The van der Waals surface area contributed by atoms with E-state index in [1.54, 1.807) is 0 Å². The van der Waals surface area contributed by atoms with Gasteiger partial charge in [-0.25, -0.2) is 0 Å². The van der Waals surface area contributed by atoms with Crippen molar-refractivity contribution in [2.45, 2.75) is 0 Å². The maximum absolute atomic E-state index is 2.18. The SMILES string of the molecule is CN(C)c1cccc(-c2ccccc2)c1N(C)C. The minimum Gasteiger partial charge on any atom is -0.376 e. The molecule has 2 heteroatoms. The summed E-state index contributed by atoms with van der Waals surface area (Å²) in [4.78, 5) is 4.33. The Bertz CT molecular complexity index is 516. The zero-order chi connectivity index (χ0) is 13.1. The van der Waals surface area contributed by atoms with Crippen molar-refractivity contribution in [2.24, 2.45) is 0 Å². The summed E-state index contributed by atoms with van der Waals surface area (Å²) in [6.07, 6.45) is 0. The zero-order valence-corrected chi connectivity index (χ0v) is 11.5. The van der Waals surface area contributed by atoms with Crippen LogP contribution in [0.1, 0.15) is 0 Å². The lowest BCUT2D eigenvalue weighted by molar-refractivity contribution is 1.08. The van der Waals surface area contributed by atoms with E-state index in [0.717, 1.165) is 0 Å². The van der Waals surface area contributed by atoms with Crippen LogP contribution in [-0.4, -0.2) is 28.2 Å². The van der Waals surface area contributed by atoms with Gasteiger partial charge in [-0.3, -0.25) is 0 Å². The molecule has 0 unspecified atom stereocenters. The van der Waals surface area contributed by atoms with E-state index in [9.17, 15) is 0 Å². The summed E-state index contributed by atoms with van der Waals surface area (Å²) in [7, 11) is 8.34. The number of hydrogen-bond acceptors (Lipinski definition) is 2. The summed E-state index contributed by atoms with van der Waals surface area (Å²) in [5.41, 5.74) is 5.02. The predicted molar refractivity (Wildman–Crippen MR) is 80.5 cm³/mol. The molecule has 0 saturated carbocycles. The molecule has 0 amide bonds. The third-order valence-electron chi connectivity index (χ3n) is 3.03. The van der Waals surface area contributed by atoms with Crippen molar-refractivity contribution >= 4 is 11.4 Å². The molecule has 0 radical (unpaired) electrons. The van der Waals surface area contributed by atoms with Gasteiger partial charge in [-0.05, 0) is 11.6 Å². The maximum atomic E-state index is 2.18. The Morgan fingerprint density at radius 1 is 0.667 bits per heavy atom. The molecule has 0 aliphatic rings. The number of benzene rings is 2. The van der Waals surface area contributed by atoms with Crippen molar-refractivity contribution in [1.29, 1.82) is 0 Å². The van der Waals surface area contributed by atoms with Gasteiger partial charge in [-0.1, -0.05) is 42.5 Å². The van der Waals surface area contributed by atoms with Crippen molar-refractivity contribution in [3.05, 3.63) is 48.5 Å². The van der Waals surface area contributed by atoms with Gasteiger partial charge in [-0.15, -0.1) is 0 Å². The Labute approximate surface area is 109 Å². The van der Waals surface area contributed by atoms with Crippen molar-refractivity contribution < 1.29 is 0 Å². The molecular formula is C16H20N2. The van der Waals surface area contributed by atoms with Crippen molar-refractivity contribution in [3.8, 4) is 11.1 Å². The van der Waals surface area contributed by atoms with Crippen LogP contribution in [0.25, 0.3) is 11.1 Å². The van der Waals surface area contributed by atoms with Crippen LogP contribution in [0.5, 0.6) is 0 Å². The first-order valence-corrected chi connectivity index (χ1v) is 6.14. The van der Waals surface area contributed by atoms with Gasteiger partial charge in [0.15, 0.2) is 0 Å². The molecule has 18 heavy (non-hydrogen) atoms. The summed E-state index contributed by atoms with van der Waals surface area (Å²) in [5, 5.41) is 0. The van der Waals surface area contributed by atoms with Crippen LogP contribution in [0.2, 0.25) is 0 Å². The lowest BCUT2D eigenvalue weighted by Crippen LogP contribution is -2.17. The molecule has 2 aromatic carbocycles. The van der Waals surface area contributed by atoms with Gasteiger partial charge in [-0.2, -0.15) is 0 Å². The molecule has 94 valence electrons. The Kier molecular flexibility index (Phi) is 3.56. The molecule has 2 aromatic rings. The van der Waals surface area contributed by atoms with E-state index in [1.165, 1.54) is 22.5 Å². The van der Waals surface area contributed by atoms with E-state index in [1.807, 2.05) is 0 Å². The summed E-state index contributed by atoms with van der Waals surface area (Å²) in [6.45, 7) is 0. The summed E-state index contributed by atoms with van der Waals surface area (Å²) >= 11 is 0. The third-order valence-corrected chi connectivity index (χ3v) is 3.03.